The number of amides is 2. The molecule has 2 amide bonds. The molecule has 0 spiro atoms. The first-order valence-electron chi connectivity index (χ1n) is 8.28. The van der Waals surface area contributed by atoms with Crippen LogP contribution >= 0.6 is 0 Å². The van der Waals surface area contributed by atoms with Crippen LogP contribution in [0, 0.1) is 5.92 Å². The number of ether oxygens (including phenoxy) is 1. The van der Waals surface area contributed by atoms with Crippen LogP contribution < -0.4 is 16.4 Å². The number of rotatable bonds is 9. The van der Waals surface area contributed by atoms with Crippen LogP contribution in [0.3, 0.4) is 0 Å². The molecule has 0 aliphatic heterocycles. The summed E-state index contributed by atoms with van der Waals surface area (Å²) in [5, 5.41) is 5.28. The van der Waals surface area contributed by atoms with Crippen LogP contribution in [0.4, 0.5) is 0 Å². The number of carbonyl (C=O) groups excluding carboxylic acids is 3. The van der Waals surface area contributed by atoms with Crippen molar-refractivity contribution in [3.05, 3.63) is 35.9 Å². The van der Waals surface area contributed by atoms with Gasteiger partial charge in [-0.25, -0.2) is 4.79 Å². The highest BCUT2D eigenvalue weighted by Gasteiger charge is 2.27. The maximum atomic E-state index is 12.6. The quantitative estimate of drug-likeness (QED) is 0.558. The molecule has 7 nitrogen and oxygen atoms in total. The van der Waals surface area contributed by atoms with Crippen molar-refractivity contribution in [2.24, 2.45) is 11.7 Å². The zero-order valence-corrected chi connectivity index (χ0v) is 15.0. The highest BCUT2D eigenvalue weighted by Crippen LogP contribution is 2.08. The predicted molar refractivity (Wildman–Crippen MR) is 94.5 cm³/mol. The van der Waals surface area contributed by atoms with E-state index in [2.05, 4.69) is 10.6 Å². The Morgan fingerprint density at radius 3 is 2.24 bits per heavy atom. The number of hydrogen-bond acceptors (Lipinski definition) is 5. The number of nitrogens with two attached hydrogens (primary N) is 1. The Bertz CT molecular complexity index is 575. The van der Waals surface area contributed by atoms with Crippen molar-refractivity contribution >= 4 is 17.8 Å². The molecule has 138 valence electrons. The van der Waals surface area contributed by atoms with Crippen molar-refractivity contribution in [3.63, 3.8) is 0 Å². The van der Waals surface area contributed by atoms with Crippen LogP contribution in [0.25, 0.3) is 0 Å². The number of nitrogens with one attached hydrogen (secondary N) is 2. The van der Waals surface area contributed by atoms with Crippen LogP contribution in [-0.2, 0) is 25.5 Å². The van der Waals surface area contributed by atoms with Gasteiger partial charge in [-0.2, -0.15) is 0 Å². The molecular weight excluding hydrogens is 322 g/mol. The zero-order valence-electron chi connectivity index (χ0n) is 15.0. The van der Waals surface area contributed by atoms with Gasteiger partial charge in [0.15, 0.2) is 0 Å². The molecule has 1 aromatic rings. The molecule has 0 saturated carbocycles. The van der Waals surface area contributed by atoms with Crippen molar-refractivity contribution in [1.82, 2.24) is 10.6 Å². The Kier molecular flexibility index (Phi) is 8.63. The molecule has 0 unspecified atom stereocenters. The summed E-state index contributed by atoms with van der Waals surface area (Å²) in [7, 11) is 1.28. The lowest BCUT2D eigenvalue weighted by Crippen LogP contribution is -2.53. The van der Waals surface area contributed by atoms with E-state index < -0.39 is 29.9 Å². The van der Waals surface area contributed by atoms with Gasteiger partial charge in [0.2, 0.25) is 11.8 Å². The van der Waals surface area contributed by atoms with Crippen molar-refractivity contribution in [2.45, 2.75) is 38.8 Å². The lowest BCUT2D eigenvalue weighted by molar-refractivity contribution is -0.145. The Morgan fingerprint density at radius 2 is 1.72 bits per heavy atom. The summed E-state index contributed by atoms with van der Waals surface area (Å²) < 4.78 is 4.75. The minimum Gasteiger partial charge on any atom is -0.467 e. The van der Waals surface area contributed by atoms with Gasteiger partial charge in [0.1, 0.15) is 12.1 Å². The summed E-state index contributed by atoms with van der Waals surface area (Å²) in [4.78, 5) is 36.2. The van der Waals surface area contributed by atoms with Crippen LogP contribution in [-0.4, -0.2) is 43.5 Å². The Hall–Kier alpha value is -2.41. The minimum atomic E-state index is -0.822. The topological polar surface area (TPSA) is 111 Å². The SMILES string of the molecule is COC(=O)[C@H](CC(C)C)NC(=O)[C@H](Cc1ccccc1)NC(=O)CN. The summed E-state index contributed by atoms with van der Waals surface area (Å²) in [5.41, 5.74) is 6.22. The molecule has 0 fully saturated rings. The van der Waals surface area contributed by atoms with E-state index in [0.717, 1.165) is 5.56 Å². The number of hydrogen-bond donors (Lipinski definition) is 3. The molecule has 0 bridgehead atoms. The van der Waals surface area contributed by atoms with E-state index in [4.69, 9.17) is 10.5 Å². The van der Waals surface area contributed by atoms with Crippen molar-refractivity contribution < 1.29 is 19.1 Å². The first-order chi connectivity index (χ1) is 11.9. The lowest BCUT2D eigenvalue weighted by atomic mass is 10.0. The fraction of sp³-hybridized carbons (Fsp3) is 0.500. The molecule has 0 aliphatic rings. The van der Waals surface area contributed by atoms with Gasteiger partial charge in [-0.05, 0) is 17.9 Å². The van der Waals surface area contributed by atoms with Gasteiger partial charge >= 0.3 is 5.97 Å². The van der Waals surface area contributed by atoms with E-state index in [0.29, 0.717) is 12.8 Å². The third-order valence-electron chi connectivity index (χ3n) is 3.63. The third kappa shape index (κ3) is 7.34. The zero-order chi connectivity index (χ0) is 18.8. The summed E-state index contributed by atoms with van der Waals surface area (Å²) in [6.45, 7) is 3.67. The normalized spacial score (nSPS) is 13.0. The molecule has 25 heavy (non-hydrogen) atoms. The maximum Gasteiger partial charge on any atom is 0.328 e. The third-order valence-corrected chi connectivity index (χ3v) is 3.63. The number of methoxy groups -OCH3 is 1. The van der Waals surface area contributed by atoms with E-state index in [1.807, 2.05) is 44.2 Å². The van der Waals surface area contributed by atoms with Gasteiger partial charge in [0.05, 0.1) is 13.7 Å². The largest absolute Gasteiger partial charge is 0.467 e. The van der Waals surface area contributed by atoms with Gasteiger partial charge in [0.25, 0.3) is 0 Å². The Morgan fingerprint density at radius 1 is 1.08 bits per heavy atom. The standard InChI is InChI=1S/C18H27N3O4/c1-12(2)9-15(18(24)25-3)21-17(23)14(20-16(22)11-19)10-13-7-5-4-6-8-13/h4-8,12,14-15H,9-11,19H2,1-3H3,(H,20,22)(H,21,23)/t14-,15-/m0/s1. The van der Waals surface area contributed by atoms with Crippen LogP contribution in [0.5, 0.6) is 0 Å². The molecule has 7 heteroatoms. The maximum absolute atomic E-state index is 12.6. The minimum absolute atomic E-state index is 0.190. The number of carbonyl (C=O) groups is 3. The lowest BCUT2D eigenvalue weighted by Gasteiger charge is -2.23. The summed E-state index contributed by atoms with van der Waals surface area (Å²) in [6.07, 6.45) is 0.745. The second-order valence-corrected chi connectivity index (χ2v) is 6.23. The van der Waals surface area contributed by atoms with Crippen molar-refractivity contribution in [3.8, 4) is 0 Å². The molecule has 4 N–H and O–H groups in total. The number of esters is 1. The van der Waals surface area contributed by atoms with Gasteiger partial charge in [-0.3, -0.25) is 9.59 Å². The number of benzene rings is 1. The molecule has 0 saturated heterocycles. The molecular formula is C18H27N3O4. The first kappa shape index (κ1) is 20.6. The monoisotopic (exact) mass is 349 g/mol. The van der Waals surface area contributed by atoms with Gasteiger partial charge in [0, 0.05) is 6.42 Å². The van der Waals surface area contributed by atoms with Crippen LogP contribution in [0.1, 0.15) is 25.8 Å². The summed E-state index contributed by atoms with van der Waals surface area (Å²) in [5.74, 6) is -1.20. The predicted octanol–water partition coefficient (Wildman–Crippen LogP) is 0.377. The average Bonchev–Trinajstić information content (AvgIpc) is 2.60. The first-order valence-corrected chi connectivity index (χ1v) is 8.28. The van der Waals surface area contributed by atoms with E-state index in [9.17, 15) is 14.4 Å². The smallest absolute Gasteiger partial charge is 0.328 e. The summed E-state index contributed by atoms with van der Waals surface area (Å²) in [6, 6.07) is 7.72. The average molecular weight is 349 g/mol. The van der Waals surface area contributed by atoms with E-state index >= 15 is 0 Å². The van der Waals surface area contributed by atoms with Gasteiger partial charge in [-0.15, -0.1) is 0 Å². The van der Waals surface area contributed by atoms with Crippen molar-refractivity contribution in [1.29, 1.82) is 0 Å². The Balaban J connectivity index is 2.88. The molecule has 0 heterocycles. The van der Waals surface area contributed by atoms with E-state index in [-0.39, 0.29) is 12.5 Å². The van der Waals surface area contributed by atoms with Gasteiger partial charge < -0.3 is 21.1 Å². The van der Waals surface area contributed by atoms with Crippen LogP contribution in [0.2, 0.25) is 0 Å². The molecule has 0 radical (unpaired) electrons. The summed E-state index contributed by atoms with van der Waals surface area (Å²) >= 11 is 0. The van der Waals surface area contributed by atoms with E-state index in [1.165, 1.54) is 7.11 Å². The highest BCUT2D eigenvalue weighted by molar-refractivity contribution is 5.91. The van der Waals surface area contributed by atoms with Crippen molar-refractivity contribution in [2.75, 3.05) is 13.7 Å². The molecule has 0 aliphatic carbocycles. The second-order valence-electron chi connectivity index (χ2n) is 6.23. The van der Waals surface area contributed by atoms with Gasteiger partial charge in [-0.1, -0.05) is 44.2 Å². The molecule has 2 atom stereocenters. The highest BCUT2D eigenvalue weighted by atomic mass is 16.5. The van der Waals surface area contributed by atoms with E-state index in [1.54, 1.807) is 0 Å². The van der Waals surface area contributed by atoms with Crippen LogP contribution in [0.15, 0.2) is 30.3 Å². The molecule has 1 rings (SSSR count). The fourth-order valence-electron chi connectivity index (χ4n) is 2.41. The second kappa shape index (κ2) is 10.5. The Labute approximate surface area is 148 Å². The molecule has 1 aromatic carbocycles. The fourth-order valence-corrected chi connectivity index (χ4v) is 2.41. The molecule has 0 aromatic heterocycles.